The molecule has 0 saturated carbocycles. The quantitative estimate of drug-likeness (QED) is 0.698. The molecular formula is C9H12N2O3. The number of aromatic nitrogens is 1. The molecule has 76 valence electrons. The van der Waals surface area contributed by atoms with Gasteiger partial charge in [0.15, 0.2) is 5.78 Å². The zero-order valence-electron chi connectivity index (χ0n) is 8.11. The van der Waals surface area contributed by atoms with Gasteiger partial charge in [0, 0.05) is 12.3 Å². The van der Waals surface area contributed by atoms with Gasteiger partial charge in [0.25, 0.3) is 0 Å². The topological polar surface area (TPSA) is 74.4 Å². The molecular weight excluding hydrogens is 184 g/mol. The smallest absolute Gasteiger partial charge is 0.216 e. The number of carbonyl (C=O) groups excluding carboxylic acids is 1. The van der Waals surface area contributed by atoms with E-state index in [1.165, 1.54) is 20.4 Å². The molecule has 1 aromatic rings. The highest BCUT2D eigenvalue weighted by Gasteiger charge is 2.12. The highest BCUT2D eigenvalue weighted by atomic mass is 16.5. The molecule has 1 aromatic heterocycles. The van der Waals surface area contributed by atoms with Crippen molar-refractivity contribution in [2.75, 3.05) is 20.8 Å². The number of Topliss-reactive ketones (excluding diaryl/α,β-unsaturated/α-hetero) is 1. The highest BCUT2D eigenvalue weighted by molar-refractivity contribution is 5.99. The van der Waals surface area contributed by atoms with Crippen LogP contribution in [0.2, 0.25) is 0 Å². The number of hydrogen-bond acceptors (Lipinski definition) is 5. The van der Waals surface area contributed by atoms with E-state index in [-0.39, 0.29) is 12.3 Å². The number of ether oxygens (including phenoxy) is 2. The lowest BCUT2D eigenvalue weighted by Gasteiger charge is -2.07. The molecule has 14 heavy (non-hydrogen) atoms. The van der Waals surface area contributed by atoms with E-state index in [1.807, 2.05) is 0 Å². The molecule has 0 bridgehead atoms. The minimum absolute atomic E-state index is 0.0651. The Kier molecular flexibility index (Phi) is 3.41. The van der Waals surface area contributed by atoms with Crippen molar-refractivity contribution >= 4 is 5.78 Å². The van der Waals surface area contributed by atoms with E-state index in [9.17, 15) is 4.79 Å². The number of hydrogen-bond donors (Lipinski definition) is 1. The average molecular weight is 196 g/mol. The third kappa shape index (κ3) is 2.00. The van der Waals surface area contributed by atoms with Crippen LogP contribution in [0.25, 0.3) is 0 Å². The summed E-state index contributed by atoms with van der Waals surface area (Å²) in [7, 11) is 2.97. The molecule has 0 amide bonds. The van der Waals surface area contributed by atoms with Gasteiger partial charge in [-0.05, 0) is 0 Å². The highest BCUT2D eigenvalue weighted by Crippen LogP contribution is 2.21. The first-order valence-electron chi connectivity index (χ1n) is 4.04. The maximum Gasteiger partial charge on any atom is 0.216 e. The molecule has 0 spiro atoms. The van der Waals surface area contributed by atoms with Crippen molar-refractivity contribution in [1.82, 2.24) is 4.98 Å². The van der Waals surface area contributed by atoms with Crippen LogP contribution < -0.4 is 15.2 Å². The third-order valence-corrected chi connectivity index (χ3v) is 1.76. The Bertz CT molecular complexity index is 339. The van der Waals surface area contributed by atoms with Crippen LogP contribution in [0.3, 0.4) is 0 Å². The predicted molar refractivity (Wildman–Crippen MR) is 50.7 cm³/mol. The van der Waals surface area contributed by atoms with Gasteiger partial charge in [-0.3, -0.25) is 4.79 Å². The maximum absolute atomic E-state index is 11.3. The number of pyridine rings is 1. The second-order valence-electron chi connectivity index (χ2n) is 2.55. The fraction of sp³-hybridized carbons (Fsp3) is 0.333. The van der Waals surface area contributed by atoms with E-state index >= 15 is 0 Å². The Morgan fingerprint density at radius 2 is 2.21 bits per heavy atom. The Morgan fingerprint density at radius 3 is 2.71 bits per heavy atom. The van der Waals surface area contributed by atoms with Crippen molar-refractivity contribution in [2.45, 2.75) is 0 Å². The van der Waals surface area contributed by atoms with Crippen molar-refractivity contribution < 1.29 is 14.3 Å². The Morgan fingerprint density at radius 1 is 1.50 bits per heavy atom. The first-order valence-corrected chi connectivity index (χ1v) is 4.04. The van der Waals surface area contributed by atoms with Crippen molar-refractivity contribution in [3.05, 3.63) is 17.8 Å². The molecule has 0 aliphatic carbocycles. The first-order chi connectivity index (χ1) is 6.72. The molecule has 2 N–H and O–H groups in total. The lowest BCUT2D eigenvalue weighted by molar-refractivity contribution is 0.0998. The lowest BCUT2D eigenvalue weighted by atomic mass is 10.2. The van der Waals surface area contributed by atoms with Crippen molar-refractivity contribution in [3.63, 3.8) is 0 Å². The summed E-state index contributed by atoms with van der Waals surface area (Å²) in [5.74, 6) is 0.611. The molecule has 5 heteroatoms. The van der Waals surface area contributed by atoms with E-state index in [0.29, 0.717) is 17.2 Å². The minimum Gasteiger partial charge on any atom is -0.496 e. The molecule has 0 saturated heterocycles. The fourth-order valence-electron chi connectivity index (χ4n) is 1.02. The van der Waals surface area contributed by atoms with Gasteiger partial charge in [0.05, 0.1) is 26.3 Å². The number of methoxy groups -OCH3 is 2. The van der Waals surface area contributed by atoms with Crippen LogP contribution in [0.15, 0.2) is 12.3 Å². The number of ketones is 1. The summed E-state index contributed by atoms with van der Waals surface area (Å²) in [6.45, 7) is -0.0651. The fourth-order valence-corrected chi connectivity index (χ4v) is 1.02. The summed E-state index contributed by atoms with van der Waals surface area (Å²) in [5.41, 5.74) is 5.61. The SMILES string of the molecule is COc1cc(OC)c(C(=O)CN)cn1. The summed E-state index contributed by atoms with van der Waals surface area (Å²) < 4.78 is 9.91. The van der Waals surface area contributed by atoms with Gasteiger partial charge in [-0.15, -0.1) is 0 Å². The minimum atomic E-state index is -0.211. The van der Waals surface area contributed by atoms with Crippen LogP contribution in [0, 0.1) is 0 Å². The van der Waals surface area contributed by atoms with Gasteiger partial charge < -0.3 is 15.2 Å². The van der Waals surface area contributed by atoms with Crippen molar-refractivity contribution in [1.29, 1.82) is 0 Å². The summed E-state index contributed by atoms with van der Waals surface area (Å²) in [5, 5.41) is 0. The van der Waals surface area contributed by atoms with Crippen LogP contribution in [-0.4, -0.2) is 31.5 Å². The molecule has 5 nitrogen and oxygen atoms in total. The van der Waals surface area contributed by atoms with Crippen molar-refractivity contribution in [3.8, 4) is 11.6 Å². The summed E-state index contributed by atoms with van der Waals surface area (Å²) in [4.78, 5) is 15.2. The number of carbonyl (C=O) groups is 1. The predicted octanol–water partition coefficient (Wildman–Crippen LogP) is 0.240. The maximum atomic E-state index is 11.3. The Hall–Kier alpha value is -1.62. The van der Waals surface area contributed by atoms with Gasteiger partial charge in [0.1, 0.15) is 5.75 Å². The van der Waals surface area contributed by atoms with Crippen LogP contribution in [0.5, 0.6) is 11.6 Å². The molecule has 0 atom stereocenters. The first kappa shape index (κ1) is 10.5. The second kappa shape index (κ2) is 4.57. The molecule has 1 rings (SSSR count). The van der Waals surface area contributed by atoms with Crippen LogP contribution in [-0.2, 0) is 0 Å². The number of rotatable bonds is 4. The summed E-state index contributed by atoms with van der Waals surface area (Å²) >= 11 is 0. The number of nitrogens with two attached hydrogens (primary N) is 1. The zero-order chi connectivity index (χ0) is 10.6. The molecule has 0 aliphatic rings. The second-order valence-corrected chi connectivity index (χ2v) is 2.55. The normalized spacial score (nSPS) is 9.64. The van der Waals surface area contributed by atoms with Crippen LogP contribution >= 0.6 is 0 Å². The molecule has 0 aromatic carbocycles. The summed E-state index contributed by atoms with van der Waals surface area (Å²) in [6.07, 6.45) is 1.40. The Balaban J connectivity index is 3.11. The van der Waals surface area contributed by atoms with Crippen LogP contribution in [0.1, 0.15) is 10.4 Å². The number of nitrogens with zero attached hydrogens (tertiary/aromatic N) is 1. The van der Waals surface area contributed by atoms with E-state index in [0.717, 1.165) is 0 Å². The third-order valence-electron chi connectivity index (χ3n) is 1.76. The van der Waals surface area contributed by atoms with Gasteiger partial charge in [-0.1, -0.05) is 0 Å². The van der Waals surface area contributed by atoms with E-state index < -0.39 is 0 Å². The molecule has 0 radical (unpaired) electrons. The van der Waals surface area contributed by atoms with Gasteiger partial charge >= 0.3 is 0 Å². The van der Waals surface area contributed by atoms with E-state index in [1.54, 1.807) is 6.07 Å². The van der Waals surface area contributed by atoms with Gasteiger partial charge in [-0.25, -0.2) is 4.98 Å². The van der Waals surface area contributed by atoms with Crippen LogP contribution in [0.4, 0.5) is 0 Å². The monoisotopic (exact) mass is 196 g/mol. The molecule has 1 heterocycles. The molecule has 0 aliphatic heterocycles. The largest absolute Gasteiger partial charge is 0.496 e. The molecule has 0 fully saturated rings. The average Bonchev–Trinajstić information content (AvgIpc) is 2.27. The van der Waals surface area contributed by atoms with E-state index in [2.05, 4.69) is 4.98 Å². The van der Waals surface area contributed by atoms with Gasteiger partial charge in [-0.2, -0.15) is 0 Å². The van der Waals surface area contributed by atoms with Gasteiger partial charge in [0.2, 0.25) is 5.88 Å². The molecule has 0 unspecified atom stereocenters. The van der Waals surface area contributed by atoms with E-state index in [4.69, 9.17) is 15.2 Å². The lowest BCUT2D eigenvalue weighted by Crippen LogP contribution is -2.15. The standard InChI is InChI=1S/C9H12N2O3/c1-13-8-3-9(14-2)11-5-6(8)7(12)4-10/h3,5H,4,10H2,1-2H3. The van der Waals surface area contributed by atoms with Crippen molar-refractivity contribution in [2.24, 2.45) is 5.73 Å². The Labute approximate surface area is 81.8 Å². The summed E-state index contributed by atoms with van der Waals surface area (Å²) in [6, 6.07) is 1.54. The zero-order valence-corrected chi connectivity index (χ0v) is 8.11.